The van der Waals surface area contributed by atoms with Crippen LogP contribution in [0, 0.1) is 6.92 Å². The first kappa shape index (κ1) is 22.3. The molecule has 3 nitrogen and oxygen atoms in total. The maximum Gasteiger partial charge on any atom is 0.235 e. The smallest absolute Gasteiger partial charge is 0.235 e. The molecular weight excluding hydrogens is 460 g/mol. The minimum Gasteiger partial charge on any atom is -0.353 e. The fourth-order valence-corrected chi connectivity index (χ4v) is 4.84. The van der Waals surface area contributed by atoms with Crippen LogP contribution in [0.15, 0.2) is 89.5 Å². The van der Waals surface area contributed by atoms with Crippen molar-refractivity contribution >= 4 is 32.7 Å². The first-order valence-electron chi connectivity index (χ1n) is 11.1. The van der Waals surface area contributed by atoms with Gasteiger partial charge in [-0.15, -0.1) is 0 Å². The summed E-state index contributed by atoms with van der Waals surface area (Å²) in [6, 6.07) is 26.8. The molecule has 4 heteroatoms. The molecule has 0 saturated carbocycles. The average Bonchev–Trinajstić information content (AvgIpc) is 3.11. The summed E-state index contributed by atoms with van der Waals surface area (Å²) in [5.41, 5.74) is 3.66. The van der Waals surface area contributed by atoms with Crippen molar-refractivity contribution in [3.8, 4) is 0 Å². The first-order valence-corrected chi connectivity index (χ1v) is 11.9. The molecule has 0 aliphatic rings. The van der Waals surface area contributed by atoms with Gasteiger partial charge in [0, 0.05) is 34.2 Å². The topological polar surface area (TPSA) is 34.0 Å². The Morgan fingerprint density at radius 1 is 0.938 bits per heavy atom. The van der Waals surface area contributed by atoms with Crippen LogP contribution in [0.25, 0.3) is 10.9 Å². The van der Waals surface area contributed by atoms with Gasteiger partial charge in [-0.25, -0.2) is 0 Å². The summed E-state index contributed by atoms with van der Waals surface area (Å²) in [5, 5.41) is 4.47. The number of rotatable bonds is 7. The van der Waals surface area contributed by atoms with E-state index < -0.39 is 5.41 Å². The molecule has 1 aromatic heterocycles. The van der Waals surface area contributed by atoms with Crippen LogP contribution < -0.4 is 5.32 Å². The highest BCUT2D eigenvalue weighted by Crippen LogP contribution is 2.38. The van der Waals surface area contributed by atoms with Gasteiger partial charge >= 0.3 is 0 Å². The Morgan fingerprint density at radius 3 is 2.25 bits per heavy atom. The van der Waals surface area contributed by atoms with Gasteiger partial charge in [0.1, 0.15) is 5.41 Å². The van der Waals surface area contributed by atoms with Crippen LogP contribution in [0.3, 0.4) is 0 Å². The van der Waals surface area contributed by atoms with Crippen LogP contribution in [0.5, 0.6) is 0 Å². The summed E-state index contributed by atoms with van der Waals surface area (Å²) < 4.78 is 3.28. The molecule has 0 aliphatic heterocycles. The van der Waals surface area contributed by atoms with Crippen molar-refractivity contribution in [1.29, 1.82) is 0 Å². The third-order valence-corrected chi connectivity index (χ3v) is 6.66. The van der Waals surface area contributed by atoms with E-state index in [1.807, 2.05) is 44.2 Å². The van der Waals surface area contributed by atoms with E-state index in [2.05, 4.69) is 87.5 Å². The summed E-state index contributed by atoms with van der Waals surface area (Å²) in [7, 11) is 0. The van der Waals surface area contributed by atoms with Crippen LogP contribution in [0.1, 0.15) is 37.0 Å². The molecule has 1 atom stereocenters. The maximum atomic E-state index is 13.9. The van der Waals surface area contributed by atoms with E-state index in [1.165, 1.54) is 16.5 Å². The number of nitrogens with one attached hydrogen (secondary N) is 1. The molecule has 1 unspecified atom stereocenters. The highest BCUT2D eigenvalue weighted by atomic mass is 79.9. The zero-order valence-electron chi connectivity index (χ0n) is 18.8. The molecule has 164 valence electrons. The van der Waals surface area contributed by atoms with Crippen molar-refractivity contribution in [3.05, 3.63) is 106 Å². The number of para-hydroxylation sites is 1. The fraction of sp³-hybridized carbons (Fsp3) is 0.250. The molecule has 3 aromatic carbocycles. The van der Waals surface area contributed by atoms with Gasteiger partial charge in [-0.3, -0.25) is 4.79 Å². The van der Waals surface area contributed by atoms with Gasteiger partial charge in [0.15, 0.2) is 0 Å². The molecule has 0 saturated heterocycles. The van der Waals surface area contributed by atoms with Gasteiger partial charge in [0.25, 0.3) is 0 Å². The van der Waals surface area contributed by atoms with Crippen molar-refractivity contribution in [2.24, 2.45) is 0 Å². The summed E-state index contributed by atoms with van der Waals surface area (Å²) in [6.07, 6.45) is 2.84. The highest BCUT2D eigenvalue weighted by molar-refractivity contribution is 9.10. The summed E-state index contributed by atoms with van der Waals surface area (Å²) >= 11 is 3.55. The Labute approximate surface area is 198 Å². The molecule has 1 amide bonds. The lowest BCUT2D eigenvalue weighted by Gasteiger charge is -2.35. The molecular formula is C28H29BrN2O. The Balaban J connectivity index is 1.85. The van der Waals surface area contributed by atoms with Gasteiger partial charge in [-0.1, -0.05) is 76.6 Å². The second kappa shape index (κ2) is 9.33. The molecule has 0 fully saturated rings. The number of amides is 1. The van der Waals surface area contributed by atoms with Crippen LogP contribution in [-0.2, 0) is 16.8 Å². The lowest BCUT2D eigenvalue weighted by atomic mass is 9.71. The molecule has 4 aromatic rings. The van der Waals surface area contributed by atoms with E-state index in [-0.39, 0.29) is 11.9 Å². The number of carbonyl (C=O) groups is 1. The van der Waals surface area contributed by atoms with Gasteiger partial charge in [-0.2, -0.15) is 0 Å². The number of fused-ring (bicyclic) bond motifs is 1. The van der Waals surface area contributed by atoms with E-state index in [9.17, 15) is 4.79 Å². The van der Waals surface area contributed by atoms with Crippen LogP contribution in [0.4, 0.5) is 0 Å². The number of hydrogen-bond donors (Lipinski definition) is 1. The Bertz CT molecular complexity index is 1210. The first-order chi connectivity index (χ1) is 15.4. The third kappa shape index (κ3) is 4.24. The number of carbonyl (C=O) groups excluding carboxylic acids is 1. The molecule has 0 bridgehead atoms. The zero-order valence-corrected chi connectivity index (χ0v) is 20.4. The van der Waals surface area contributed by atoms with Gasteiger partial charge < -0.3 is 9.88 Å². The van der Waals surface area contributed by atoms with Crippen LogP contribution in [-0.4, -0.2) is 16.5 Å². The molecule has 32 heavy (non-hydrogen) atoms. The predicted molar refractivity (Wildman–Crippen MR) is 136 cm³/mol. The number of halogens is 1. The number of benzene rings is 3. The third-order valence-electron chi connectivity index (χ3n) is 6.13. The molecule has 1 N–H and O–H groups in total. The van der Waals surface area contributed by atoms with Crippen LogP contribution >= 0.6 is 15.9 Å². The monoisotopic (exact) mass is 488 g/mol. The number of aromatic nitrogens is 1. The minimum absolute atomic E-state index is 0.0363. The second-order valence-electron chi connectivity index (χ2n) is 8.68. The SMILES string of the molecule is Cc1cn(CCC(C(=O)NC(C)C)(c2ccccc2)c2ccc(Br)cc2)c2ccccc12. The lowest BCUT2D eigenvalue weighted by Crippen LogP contribution is -2.48. The lowest BCUT2D eigenvalue weighted by molar-refractivity contribution is -0.126. The number of nitrogens with zero attached hydrogens (tertiary/aromatic N) is 1. The van der Waals surface area contributed by atoms with E-state index in [1.54, 1.807) is 0 Å². The quantitative estimate of drug-likeness (QED) is 0.311. The minimum atomic E-state index is -0.800. The molecule has 1 heterocycles. The summed E-state index contributed by atoms with van der Waals surface area (Å²) in [4.78, 5) is 13.9. The second-order valence-corrected chi connectivity index (χ2v) is 9.59. The average molecular weight is 489 g/mol. The normalized spacial score (nSPS) is 13.3. The summed E-state index contributed by atoms with van der Waals surface area (Å²) in [5.74, 6) is 0.0363. The van der Waals surface area contributed by atoms with Gasteiger partial charge in [0.2, 0.25) is 5.91 Å². The predicted octanol–water partition coefficient (Wildman–Crippen LogP) is 6.61. The van der Waals surface area contributed by atoms with Gasteiger partial charge in [-0.05, 0) is 62.1 Å². The van der Waals surface area contributed by atoms with E-state index in [4.69, 9.17) is 0 Å². The van der Waals surface area contributed by atoms with E-state index >= 15 is 0 Å². The van der Waals surface area contributed by atoms with Crippen molar-refractivity contribution in [3.63, 3.8) is 0 Å². The van der Waals surface area contributed by atoms with E-state index in [0.717, 1.165) is 22.1 Å². The number of hydrogen-bond acceptors (Lipinski definition) is 1. The standard InChI is InChI=1S/C28H29BrN2O/c1-20(2)30-27(32)28(22-9-5-4-6-10-22,23-13-15-24(29)16-14-23)17-18-31-19-21(3)25-11-7-8-12-26(25)31/h4-16,19-20H,17-18H2,1-3H3,(H,30,32). The Morgan fingerprint density at radius 2 is 1.56 bits per heavy atom. The Kier molecular flexibility index (Phi) is 6.52. The fourth-order valence-electron chi connectivity index (χ4n) is 4.58. The molecule has 4 rings (SSSR count). The largest absolute Gasteiger partial charge is 0.353 e. The molecule has 0 spiro atoms. The van der Waals surface area contributed by atoms with Gasteiger partial charge in [0.05, 0.1) is 0 Å². The maximum absolute atomic E-state index is 13.9. The van der Waals surface area contributed by atoms with Crippen LogP contribution in [0.2, 0.25) is 0 Å². The van der Waals surface area contributed by atoms with E-state index in [0.29, 0.717) is 6.42 Å². The van der Waals surface area contributed by atoms with Crippen molar-refractivity contribution in [2.75, 3.05) is 0 Å². The molecule has 0 aliphatic carbocycles. The van der Waals surface area contributed by atoms with Crippen molar-refractivity contribution in [1.82, 2.24) is 9.88 Å². The van der Waals surface area contributed by atoms with Crippen molar-refractivity contribution in [2.45, 2.75) is 45.2 Å². The summed E-state index contributed by atoms with van der Waals surface area (Å²) in [6.45, 7) is 6.89. The Hall–Kier alpha value is -2.85. The van der Waals surface area contributed by atoms with Crippen molar-refractivity contribution < 1.29 is 4.79 Å². The number of aryl methyl sites for hydroxylation is 2. The zero-order chi connectivity index (χ0) is 22.7. The molecule has 0 radical (unpaired) electrons. The highest BCUT2D eigenvalue weighted by Gasteiger charge is 2.42.